The zero-order valence-electron chi connectivity index (χ0n) is 11.7. The fraction of sp³-hybridized carbons (Fsp3) is 0.500. The average molecular weight is 312 g/mol. The van der Waals surface area contributed by atoms with Crippen molar-refractivity contribution in [3.63, 3.8) is 0 Å². The molecule has 0 aromatic heterocycles. The number of ether oxygens (including phenoxy) is 1. The Morgan fingerprint density at radius 2 is 2.05 bits per heavy atom. The Bertz CT molecular complexity index is 577. The first kappa shape index (κ1) is 15.9. The van der Waals surface area contributed by atoms with Crippen LogP contribution in [-0.2, 0) is 25.9 Å². The zero-order chi connectivity index (χ0) is 15.3. The van der Waals surface area contributed by atoms with Gasteiger partial charge in [-0.25, -0.2) is 8.42 Å². The Hall–Kier alpha value is -1.44. The molecule has 1 aromatic carbocycles. The molecule has 1 aliphatic rings. The maximum atomic E-state index is 11.9. The lowest BCUT2D eigenvalue weighted by Gasteiger charge is -2.10. The summed E-state index contributed by atoms with van der Waals surface area (Å²) in [5.74, 6) is -1.15. The first-order valence-electron chi connectivity index (χ1n) is 6.89. The molecule has 1 fully saturated rings. The normalized spacial score (nSPS) is 18.6. The van der Waals surface area contributed by atoms with Gasteiger partial charge in [0.2, 0.25) is 5.91 Å². The molecule has 3 N–H and O–H groups in total. The molecule has 6 nitrogen and oxygen atoms in total. The van der Waals surface area contributed by atoms with Crippen LogP contribution in [-0.4, -0.2) is 38.5 Å². The summed E-state index contributed by atoms with van der Waals surface area (Å²) in [5.41, 5.74) is 6.99. The van der Waals surface area contributed by atoms with Crippen molar-refractivity contribution < 1.29 is 17.9 Å². The number of rotatable bonds is 6. The van der Waals surface area contributed by atoms with E-state index in [4.69, 9.17) is 10.5 Å². The minimum atomic E-state index is -3.45. The number of carbonyl (C=O) groups is 1. The van der Waals surface area contributed by atoms with E-state index in [2.05, 4.69) is 5.32 Å². The minimum Gasteiger partial charge on any atom is -0.377 e. The van der Waals surface area contributed by atoms with Crippen molar-refractivity contribution in [2.45, 2.75) is 25.5 Å². The number of nitrogens with two attached hydrogens (primary N) is 1. The van der Waals surface area contributed by atoms with Crippen molar-refractivity contribution in [2.75, 3.05) is 23.4 Å². The molecule has 0 bridgehead atoms. The van der Waals surface area contributed by atoms with E-state index < -0.39 is 21.5 Å². The molecule has 1 amide bonds. The average Bonchev–Trinajstić information content (AvgIpc) is 2.90. The van der Waals surface area contributed by atoms with E-state index in [1.54, 1.807) is 24.3 Å². The molecule has 0 aliphatic carbocycles. The number of amides is 1. The SMILES string of the molecule is NCc1ccc(NC(=O)CS(=O)(=O)CC2CCCO2)cc1. The van der Waals surface area contributed by atoms with Crippen molar-refractivity contribution in [1.82, 2.24) is 0 Å². The lowest BCUT2D eigenvalue weighted by atomic mass is 10.2. The van der Waals surface area contributed by atoms with Gasteiger partial charge in [0.05, 0.1) is 11.9 Å². The number of hydrogen-bond donors (Lipinski definition) is 2. The van der Waals surface area contributed by atoms with Crippen molar-refractivity contribution in [3.05, 3.63) is 29.8 Å². The molecule has 1 atom stereocenters. The van der Waals surface area contributed by atoms with E-state index in [1.807, 2.05) is 0 Å². The Kier molecular flexibility index (Phi) is 5.33. The molecular formula is C14H20N2O4S. The van der Waals surface area contributed by atoms with Gasteiger partial charge >= 0.3 is 0 Å². The number of nitrogens with one attached hydrogen (secondary N) is 1. The van der Waals surface area contributed by atoms with E-state index in [9.17, 15) is 13.2 Å². The molecule has 1 aliphatic heterocycles. The van der Waals surface area contributed by atoms with E-state index in [0.717, 1.165) is 18.4 Å². The van der Waals surface area contributed by atoms with Crippen LogP contribution in [0.4, 0.5) is 5.69 Å². The van der Waals surface area contributed by atoms with E-state index >= 15 is 0 Å². The Morgan fingerprint density at radius 1 is 1.33 bits per heavy atom. The van der Waals surface area contributed by atoms with Crippen LogP contribution in [0.15, 0.2) is 24.3 Å². The molecule has 1 saturated heterocycles. The quantitative estimate of drug-likeness (QED) is 0.805. The van der Waals surface area contributed by atoms with Crippen LogP contribution in [0.5, 0.6) is 0 Å². The fourth-order valence-corrected chi connectivity index (χ4v) is 3.66. The third-order valence-corrected chi connectivity index (χ3v) is 4.87. The zero-order valence-corrected chi connectivity index (χ0v) is 12.6. The van der Waals surface area contributed by atoms with Crippen molar-refractivity contribution in [3.8, 4) is 0 Å². The van der Waals surface area contributed by atoms with Crippen LogP contribution in [0.3, 0.4) is 0 Å². The van der Waals surface area contributed by atoms with Crippen LogP contribution in [0.1, 0.15) is 18.4 Å². The summed E-state index contributed by atoms with van der Waals surface area (Å²) < 4.78 is 29.2. The van der Waals surface area contributed by atoms with Gasteiger partial charge in [0.1, 0.15) is 5.75 Å². The van der Waals surface area contributed by atoms with Crippen molar-refractivity contribution >= 4 is 21.4 Å². The van der Waals surface area contributed by atoms with Crippen LogP contribution < -0.4 is 11.1 Å². The summed E-state index contributed by atoms with van der Waals surface area (Å²) in [7, 11) is -3.45. The monoisotopic (exact) mass is 312 g/mol. The number of carbonyl (C=O) groups excluding carboxylic acids is 1. The van der Waals surface area contributed by atoms with Crippen LogP contribution >= 0.6 is 0 Å². The molecule has 0 radical (unpaired) electrons. The summed E-state index contributed by atoms with van der Waals surface area (Å²) in [6, 6.07) is 6.98. The molecule has 1 heterocycles. The second kappa shape index (κ2) is 7.02. The van der Waals surface area contributed by atoms with Gasteiger partial charge in [0.15, 0.2) is 9.84 Å². The first-order chi connectivity index (χ1) is 9.98. The Morgan fingerprint density at radius 3 is 2.62 bits per heavy atom. The van der Waals surface area contributed by atoms with Crippen LogP contribution in [0.2, 0.25) is 0 Å². The second-order valence-corrected chi connectivity index (χ2v) is 7.25. The maximum Gasteiger partial charge on any atom is 0.239 e. The molecular weight excluding hydrogens is 292 g/mol. The summed E-state index contributed by atoms with van der Waals surface area (Å²) in [6.45, 7) is 1.02. The van der Waals surface area contributed by atoms with Gasteiger partial charge in [-0.1, -0.05) is 12.1 Å². The third kappa shape index (κ3) is 5.11. The number of anilines is 1. The lowest BCUT2D eigenvalue weighted by molar-refractivity contribution is -0.113. The van der Waals surface area contributed by atoms with Gasteiger partial charge in [-0.05, 0) is 30.5 Å². The highest BCUT2D eigenvalue weighted by Gasteiger charge is 2.25. The smallest absolute Gasteiger partial charge is 0.239 e. The molecule has 2 rings (SSSR count). The number of benzene rings is 1. The van der Waals surface area contributed by atoms with Crippen molar-refractivity contribution in [1.29, 1.82) is 0 Å². The fourth-order valence-electron chi connectivity index (χ4n) is 2.24. The lowest BCUT2D eigenvalue weighted by Crippen LogP contribution is -2.29. The molecule has 1 aromatic rings. The van der Waals surface area contributed by atoms with Gasteiger partial charge in [-0.3, -0.25) is 4.79 Å². The summed E-state index contributed by atoms with van der Waals surface area (Å²) in [6.07, 6.45) is 1.34. The van der Waals surface area contributed by atoms with Gasteiger partial charge in [0, 0.05) is 18.8 Å². The molecule has 0 spiro atoms. The van der Waals surface area contributed by atoms with Gasteiger partial charge < -0.3 is 15.8 Å². The first-order valence-corrected chi connectivity index (χ1v) is 8.71. The summed E-state index contributed by atoms with van der Waals surface area (Å²) in [5, 5.41) is 2.57. The van der Waals surface area contributed by atoms with Crippen LogP contribution in [0.25, 0.3) is 0 Å². The summed E-state index contributed by atoms with van der Waals surface area (Å²) >= 11 is 0. The Balaban J connectivity index is 1.87. The standard InChI is InChI=1S/C14H20N2O4S/c15-8-11-3-5-12(6-4-11)16-14(17)10-21(18,19)9-13-2-1-7-20-13/h3-6,13H,1-2,7-10,15H2,(H,16,17). The predicted octanol–water partition coefficient (Wildman–Crippen LogP) is 0.678. The highest BCUT2D eigenvalue weighted by molar-refractivity contribution is 7.92. The number of hydrogen-bond acceptors (Lipinski definition) is 5. The Labute approximate surface area is 124 Å². The molecule has 0 saturated carbocycles. The highest BCUT2D eigenvalue weighted by atomic mass is 32.2. The van der Waals surface area contributed by atoms with Gasteiger partial charge in [0.25, 0.3) is 0 Å². The van der Waals surface area contributed by atoms with E-state index in [-0.39, 0.29) is 11.9 Å². The highest BCUT2D eigenvalue weighted by Crippen LogP contribution is 2.15. The molecule has 7 heteroatoms. The van der Waals surface area contributed by atoms with E-state index in [0.29, 0.717) is 18.8 Å². The maximum absolute atomic E-state index is 11.9. The largest absolute Gasteiger partial charge is 0.377 e. The van der Waals surface area contributed by atoms with Gasteiger partial charge in [-0.15, -0.1) is 0 Å². The van der Waals surface area contributed by atoms with Gasteiger partial charge in [-0.2, -0.15) is 0 Å². The predicted molar refractivity (Wildman–Crippen MR) is 80.6 cm³/mol. The number of sulfone groups is 1. The molecule has 21 heavy (non-hydrogen) atoms. The minimum absolute atomic E-state index is 0.0907. The topological polar surface area (TPSA) is 98.5 Å². The second-order valence-electron chi connectivity index (χ2n) is 5.14. The summed E-state index contributed by atoms with van der Waals surface area (Å²) in [4.78, 5) is 11.8. The van der Waals surface area contributed by atoms with E-state index in [1.165, 1.54) is 0 Å². The van der Waals surface area contributed by atoms with Crippen molar-refractivity contribution in [2.24, 2.45) is 5.73 Å². The third-order valence-electron chi connectivity index (χ3n) is 3.29. The van der Waals surface area contributed by atoms with Crippen LogP contribution in [0, 0.1) is 0 Å². The molecule has 116 valence electrons. The molecule has 1 unspecified atom stereocenters.